The topological polar surface area (TPSA) is 0 Å². The molecule has 1 atom stereocenters. The lowest BCUT2D eigenvalue weighted by Crippen LogP contribution is -2.16. The average Bonchev–Trinajstić information content (AvgIpc) is 2.61. The van der Waals surface area contributed by atoms with Gasteiger partial charge in [-0.25, -0.2) is 0 Å². The summed E-state index contributed by atoms with van der Waals surface area (Å²) in [5.41, 5.74) is 1.36. The molecule has 0 N–H and O–H groups in total. The van der Waals surface area contributed by atoms with E-state index in [1.54, 1.807) is 0 Å². The number of benzene rings is 1. The highest BCUT2D eigenvalue weighted by atomic mass is 79.9. The van der Waals surface area contributed by atoms with E-state index >= 15 is 0 Å². The van der Waals surface area contributed by atoms with Crippen molar-refractivity contribution >= 4 is 27.5 Å². The van der Waals surface area contributed by atoms with Crippen LogP contribution in [0.15, 0.2) is 28.7 Å². The smallest absolute Gasteiger partial charge is 0.0404 e. The van der Waals surface area contributed by atoms with Crippen molar-refractivity contribution in [3.8, 4) is 0 Å². The number of rotatable bonds is 3. The highest BCUT2D eigenvalue weighted by molar-refractivity contribution is 9.10. The van der Waals surface area contributed by atoms with Crippen LogP contribution in [0.5, 0.6) is 0 Å². The maximum Gasteiger partial charge on any atom is 0.0404 e. The van der Waals surface area contributed by atoms with Crippen LogP contribution in [0.2, 0.25) is 0 Å². The average molecular weight is 316 g/mol. The summed E-state index contributed by atoms with van der Waals surface area (Å²) >= 11 is 10.1. The Morgan fingerprint density at radius 1 is 1.06 bits per heavy atom. The normalized spacial score (nSPS) is 19.9. The Bertz CT molecular complexity index is 325. The summed E-state index contributed by atoms with van der Waals surface area (Å²) in [6.07, 6.45) is 9.20. The number of hydrogen-bond acceptors (Lipinski definition) is 0. The van der Waals surface area contributed by atoms with E-state index in [4.69, 9.17) is 11.6 Å². The molecule has 1 saturated carbocycles. The first-order valence-corrected chi connectivity index (χ1v) is 7.87. The molecule has 2 heteroatoms. The zero-order chi connectivity index (χ0) is 12.1. The lowest BCUT2D eigenvalue weighted by molar-refractivity contribution is 0.435. The Balaban J connectivity index is 1.90. The minimum absolute atomic E-state index is 0.314. The Hall–Kier alpha value is -0.0100. The van der Waals surface area contributed by atoms with Crippen LogP contribution in [0, 0.1) is 5.92 Å². The van der Waals surface area contributed by atoms with Gasteiger partial charge in [0.25, 0.3) is 0 Å². The Kier molecular flexibility index (Phi) is 5.37. The predicted molar refractivity (Wildman–Crippen MR) is 78.7 cm³/mol. The molecular weight excluding hydrogens is 296 g/mol. The lowest BCUT2D eigenvalue weighted by Gasteiger charge is -2.20. The molecule has 1 aliphatic carbocycles. The maximum absolute atomic E-state index is 6.59. The summed E-state index contributed by atoms with van der Waals surface area (Å²) in [6.45, 7) is 0. The molecule has 0 spiro atoms. The molecule has 1 unspecified atom stereocenters. The van der Waals surface area contributed by atoms with E-state index < -0.39 is 0 Å². The van der Waals surface area contributed by atoms with Gasteiger partial charge in [0, 0.05) is 9.85 Å². The minimum atomic E-state index is 0.314. The van der Waals surface area contributed by atoms with E-state index in [0.29, 0.717) is 5.38 Å². The van der Waals surface area contributed by atoms with Crippen LogP contribution < -0.4 is 0 Å². The van der Waals surface area contributed by atoms with Gasteiger partial charge in [-0.05, 0) is 42.9 Å². The fraction of sp³-hybridized carbons (Fsp3) is 0.600. The van der Waals surface area contributed by atoms with E-state index in [1.807, 2.05) is 0 Å². The van der Waals surface area contributed by atoms with Gasteiger partial charge in [-0.15, -0.1) is 11.6 Å². The second kappa shape index (κ2) is 6.80. The van der Waals surface area contributed by atoms with Crippen molar-refractivity contribution in [1.82, 2.24) is 0 Å². The standard InChI is InChI=1S/C15H20BrCl/c16-14-9-7-12(8-10-14)11-15(17)13-5-3-1-2-4-6-13/h7-10,13,15H,1-6,11H2. The zero-order valence-corrected chi connectivity index (χ0v) is 12.5. The second-order valence-corrected chi connectivity index (χ2v) is 6.57. The number of halogens is 2. The van der Waals surface area contributed by atoms with Gasteiger partial charge in [-0.3, -0.25) is 0 Å². The first kappa shape index (κ1) is 13.4. The molecule has 0 nitrogen and oxygen atoms in total. The largest absolute Gasteiger partial charge is 0.122 e. The first-order valence-electron chi connectivity index (χ1n) is 6.64. The quantitative estimate of drug-likeness (QED) is 0.505. The SMILES string of the molecule is ClC(Cc1ccc(Br)cc1)C1CCCCCC1. The van der Waals surface area contributed by atoms with Crippen LogP contribution in [0.1, 0.15) is 44.1 Å². The highest BCUT2D eigenvalue weighted by Gasteiger charge is 2.20. The van der Waals surface area contributed by atoms with Gasteiger partial charge in [0.2, 0.25) is 0 Å². The van der Waals surface area contributed by atoms with Gasteiger partial charge < -0.3 is 0 Å². The summed E-state index contributed by atoms with van der Waals surface area (Å²) in [4.78, 5) is 0. The third kappa shape index (κ3) is 4.30. The maximum atomic E-state index is 6.59. The molecule has 0 aromatic heterocycles. The van der Waals surface area contributed by atoms with Crippen molar-refractivity contribution in [2.24, 2.45) is 5.92 Å². The van der Waals surface area contributed by atoms with Gasteiger partial charge in [-0.2, -0.15) is 0 Å². The van der Waals surface area contributed by atoms with Crippen LogP contribution in [0.4, 0.5) is 0 Å². The Morgan fingerprint density at radius 2 is 1.65 bits per heavy atom. The molecule has 0 heterocycles. The van der Waals surface area contributed by atoms with E-state index in [0.717, 1.165) is 16.8 Å². The van der Waals surface area contributed by atoms with Crippen LogP contribution in [0.3, 0.4) is 0 Å². The highest BCUT2D eigenvalue weighted by Crippen LogP contribution is 2.30. The summed E-state index contributed by atoms with van der Waals surface area (Å²) < 4.78 is 1.14. The molecule has 17 heavy (non-hydrogen) atoms. The van der Waals surface area contributed by atoms with Crippen LogP contribution >= 0.6 is 27.5 Å². The van der Waals surface area contributed by atoms with Crippen molar-refractivity contribution < 1.29 is 0 Å². The van der Waals surface area contributed by atoms with Crippen molar-refractivity contribution in [3.05, 3.63) is 34.3 Å². The third-order valence-corrected chi connectivity index (χ3v) is 4.79. The fourth-order valence-corrected chi connectivity index (χ4v) is 3.38. The van der Waals surface area contributed by atoms with Gasteiger partial charge in [-0.1, -0.05) is 53.7 Å². The molecule has 2 rings (SSSR count). The first-order chi connectivity index (χ1) is 8.25. The van der Waals surface area contributed by atoms with Crippen molar-refractivity contribution in [2.75, 3.05) is 0 Å². The van der Waals surface area contributed by atoms with Gasteiger partial charge in [0.15, 0.2) is 0 Å². The minimum Gasteiger partial charge on any atom is -0.122 e. The molecule has 0 amide bonds. The molecule has 0 bridgehead atoms. The van der Waals surface area contributed by atoms with Crippen LogP contribution in [0.25, 0.3) is 0 Å². The molecule has 1 aliphatic rings. The summed E-state index contributed by atoms with van der Waals surface area (Å²) in [7, 11) is 0. The van der Waals surface area contributed by atoms with E-state index in [1.165, 1.54) is 44.1 Å². The van der Waals surface area contributed by atoms with E-state index in [-0.39, 0.29) is 0 Å². The van der Waals surface area contributed by atoms with E-state index in [2.05, 4.69) is 40.2 Å². The predicted octanol–water partition coefficient (Wildman–Crippen LogP) is 5.57. The van der Waals surface area contributed by atoms with Gasteiger partial charge in [0.05, 0.1) is 0 Å². The molecule has 0 radical (unpaired) electrons. The monoisotopic (exact) mass is 314 g/mol. The third-order valence-electron chi connectivity index (χ3n) is 3.76. The second-order valence-electron chi connectivity index (χ2n) is 5.10. The summed E-state index contributed by atoms with van der Waals surface area (Å²) in [5, 5.41) is 0.314. The van der Waals surface area contributed by atoms with Crippen molar-refractivity contribution in [1.29, 1.82) is 0 Å². The number of hydrogen-bond donors (Lipinski definition) is 0. The van der Waals surface area contributed by atoms with Crippen LogP contribution in [-0.4, -0.2) is 5.38 Å². The molecule has 0 saturated heterocycles. The molecular formula is C15H20BrCl. The van der Waals surface area contributed by atoms with Gasteiger partial charge >= 0.3 is 0 Å². The summed E-state index contributed by atoms with van der Waals surface area (Å²) in [6, 6.07) is 8.56. The lowest BCUT2D eigenvalue weighted by atomic mass is 9.92. The fourth-order valence-electron chi connectivity index (χ4n) is 2.68. The molecule has 94 valence electrons. The van der Waals surface area contributed by atoms with Crippen molar-refractivity contribution in [2.45, 2.75) is 50.3 Å². The molecule has 1 fully saturated rings. The molecule has 0 aliphatic heterocycles. The van der Waals surface area contributed by atoms with Crippen molar-refractivity contribution in [3.63, 3.8) is 0 Å². The molecule has 1 aromatic carbocycles. The zero-order valence-electron chi connectivity index (χ0n) is 10.2. The van der Waals surface area contributed by atoms with Crippen LogP contribution in [-0.2, 0) is 6.42 Å². The molecule has 1 aromatic rings. The Morgan fingerprint density at radius 3 is 2.24 bits per heavy atom. The Labute approximate surface area is 118 Å². The number of alkyl halides is 1. The van der Waals surface area contributed by atoms with E-state index in [9.17, 15) is 0 Å². The summed E-state index contributed by atoms with van der Waals surface area (Å²) in [5.74, 6) is 0.725. The van der Waals surface area contributed by atoms with Gasteiger partial charge in [0.1, 0.15) is 0 Å².